The summed E-state index contributed by atoms with van der Waals surface area (Å²) < 4.78 is 24.2. The average Bonchev–Trinajstić information content (AvgIpc) is 2.47. The molecule has 1 aromatic carbocycles. The van der Waals surface area contributed by atoms with E-state index < -0.39 is 9.84 Å². The van der Waals surface area contributed by atoms with Gasteiger partial charge in [0.1, 0.15) is 5.82 Å². The Balaban J connectivity index is 1.95. The van der Waals surface area contributed by atoms with Gasteiger partial charge >= 0.3 is 0 Å². The fourth-order valence-electron chi connectivity index (χ4n) is 1.73. The standard InChI is InChI=1S/C15H16N2O3S/c1-12-5-7-13(8-6-12)21(19,20)11-9-15(18)17-14-4-2-3-10-16-14/h2-8,10H,9,11H2,1H3,(H,16,17,18). The highest BCUT2D eigenvalue weighted by atomic mass is 32.2. The van der Waals surface area contributed by atoms with Gasteiger partial charge in [0.05, 0.1) is 10.6 Å². The Morgan fingerprint density at radius 2 is 1.86 bits per heavy atom. The summed E-state index contributed by atoms with van der Waals surface area (Å²) in [6.07, 6.45) is 1.45. The minimum atomic E-state index is -3.45. The molecule has 0 aliphatic carbocycles. The first kappa shape index (κ1) is 15.2. The first-order valence-electron chi connectivity index (χ1n) is 6.48. The molecule has 110 valence electrons. The Morgan fingerprint density at radius 1 is 1.14 bits per heavy atom. The van der Waals surface area contributed by atoms with Crippen LogP contribution in [0.2, 0.25) is 0 Å². The lowest BCUT2D eigenvalue weighted by Gasteiger charge is -2.06. The van der Waals surface area contributed by atoms with Crippen LogP contribution in [0.25, 0.3) is 0 Å². The highest BCUT2D eigenvalue weighted by Gasteiger charge is 2.16. The number of pyridine rings is 1. The number of hydrogen-bond donors (Lipinski definition) is 1. The molecule has 21 heavy (non-hydrogen) atoms. The lowest BCUT2D eigenvalue weighted by Crippen LogP contribution is -2.18. The molecule has 1 heterocycles. The second-order valence-electron chi connectivity index (χ2n) is 4.65. The first-order chi connectivity index (χ1) is 9.97. The maximum atomic E-state index is 12.1. The van der Waals surface area contributed by atoms with E-state index in [1.165, 1.54) is 0 Å². The zero-order chi connectivity index (χ0) is 15.3. The van der Waals surface area contributed by atoms with Crippen molar-refractivity contribution in [3.63, 3.8) is 0 Å². The molecule has 2 rings (SSSR count). The number of rotatable bonds is 5. The van der Waals surface area contributed by atoms with E-state index >= 15 is 0 Å². The highest BCUT2D eigenvalue weighted by Crippen LogP contribution is 2.13. The summed E-state index contributed by atoms with van der Waals surface area (Å²) >= 11 is 0. The number of nitrogens with one attached hydrogen (secondary N) is 1. The van der Waals surface area contributed by atoms with Crippen LogP contribution >= 0.6 is 0 Å². The van der Waals surface area contributed by atoms with Crippen LogP contribution in [-0.2, 0) is 14.6 Å². The third kappa shape index (κ3) is 4.39. The predicted octanol–water partition coefficient (Wildman–Crippen LogP) is 2.19. The molecule has 0 radical (unpaired) electrons. The van der Waals surface area contributed by atoms with E-state index in [1.807, 2.05) is 6.92 Å². The van der Waals surface area contributed by atoms with E-state index in [0.29, 0.717) is 5.82 Å². The summed E-state index contributed by atoms with van der Waals surface area (Å²) in [5, 5.41) is 2.56. The maximum Gasteiger partial charge on any atom is 0.226 e. The smallest absolute Gasteiger partial charge is 0.226 e. The molecule has 1 amide bonds. The Bertz CT molecular complexity index is 710. The molecule has 0 spiro atoms. The molecular weight excluding hydrogens is 288 g/mol. The highest BCUT2D eigenvalue weighted by molar-refractivity contribution is 7.91. The van der Waals surface area contributed by atoms with E-state index in [4.69, 9.17) is 0 Å². The van der Waals surface area contributed by atoms with Crippen LogP contribution in [0.4, 0.5) is 5.82 Å². The number of carbonyl (C=O) groups excluding carboxylic acids is 1. The first-order valence-corrected chi connectivity index (χ1v) is 8.13. The number of carbonyl (C=O) groups is 1. The van der Waals surface area contributed by atoms with E-state index in [0.717, 1.165) is 5.56 Å². The van der Waals surface area contributed by atoms with Gasteiger partial charge < -0.3 is 5.32 Å². The van der Waals surface area contributed by atoms with Gasteiger partial charge in [-0.25, -0.2) is 13.4 Å². The Kier molecular flexibility index (Phi) is 4.70. The molecule has 0 atom stereocenters. The third-order valence-corrected chi connectivity index (χ3v) is 4.64. The quantitative estimate of drug-likeness (QED) is 0.918. The molecule has 5 nitrogen and oxygen atoms in total. The molecule has 0 fully saturated rings. The minimum absolute atomic E-state index is 0.104. The zero-order valence-electron chi connectivity index (χ0n) is 11.6. The fraction of sp³-hybridized carbons (Fsp3) is 0.200. The Hall–Kier alpha value is -2.21. The summed E-state index contributed by atoms with van der Waals surface area (Å²) in [5.41, 5.74) is 0.988. The van der Waals surface area contributed by atoms with Gasteiger partial charge in [0.15, 0.2) is 9.84 Å². The topological polar surface area (TPSA) is 76.1 Å². The number of aryl methyl sites for hydroxylation is 1. The van der Waals surface area contributed by atoms with Crippen molar-refractivity contribution in [1.82, 2.24) is 4.98 Å². The molecule has 1 aromatic heterocycles. The molecule has 1 N–H and O–H groups in total. The van der Waals surface area contributed by atoms with Crippen molar-refractivity contribution >= 4 is 21.6 Å². The summed E-state index contributed by atoms with van der Waals surface area (Å²) in [7, 11) is -3.45. The van der Waals surface area contributed by atoms with E-state index in [9.17, 15) is 13.2 Å². The predicted molar refractivity (Wildman–Crippen MR) is 80.7 cm³/mol. The van der Waals surface area contributed by atoms with Crippen molar-refractivity contribution in [1.29, 1.82) is 0 Å². The van der Waals surface area contributed by atoms with Gasteiger partial charge in [-0.2, -0.15) is 0 Å². The lowest BCUT2D eigenvalue weighted by atomic mass is 10.2. The third-order valence-electron chi connectivity index (χ3n) is 2.91. The largest absolute Gasteiger partial charge is 0.311 e. The summed E-state index contributed by atoms with van der Waals surface area (Å²) in [6.45, 7) is 1.89. The van der Waals surface area contributed by atoms with E-state index in [-0.39, 0.29) is 23.0 Å². The maximum absolute atomic E-state index is 12.1. The van der Waals surface area contributed by atoms with Crippen molar-refractivity contribution < 1.29 is 13.2 Å². The monoisotopic (exact) mass is 304 g/mol. The van der Waals surface area contributed by atoms with E-state index in [2.05, 4.69) is 10.3 Å². The zero-order valence-corrected chi connectivity index (χ0v) is 12.4. The van der Waals surface area contributed by atoms with Crippen molar-refractivity contribution in [3.05, 3.63) is 54.2 Å². The molecule has 0 unspecified atom stereocenters. The minimum Gasteiger partial charge on any atom is -0.311 e. The molecule has 6 heteroatoms. The van der Waals surface area contributed by atoms with Gasteiger partial charge in [-0.05, 0) is 31.2 Å². The van der Waals surface area contributed by atoms with Gasteiger partial charge in [0.25, 0.3) is 0 Å². The van der Waals surface area contributed by atoms with Crippen LogP contribution < -0.4 is 5.32 Å². The van der Waals surface area contributed by atoms with Crippen molar-refractivity contribution in [2.45, 2.75) is 18.2 Å². The number of hydrogen-bond acceptors (Lipinski definition) is 4. The summed E-state index contributed by atoms with van der Waals surface area (Å²) in [6, 6.07) is 11.7. The van der Waals surface area contributed by atoms with Gasteiger partial charge in [0.2, 0.25) is 5.91 Å². The number of anilines is 1. The SMILES string of the molecule is Cc1ccc(S(=O)(=O)CCC(=O)Nc2ccccn2)cc1. The normalized spacial score (nSPS) is 11.1. The second-order valence-corrected chi connectivity index (χ2v) is 6.75. The molecular formula is C15H16N2O3S. The van der Waals surface area contributed by atoms with Crippen molar-refractivity contribution in [3.8, 4) is 0 Å². The van der Waals surface area contributed by atoms with Gasteiger partial charge in [-0.15, -0.1) is 0 Å². The van der Waals surface area contributed by atoms with Gasteiger partial charge in [-0.3, -0.25) is 4.79 Å². The molecule has 0 bridgehead atoms. The molecule has 0 aliphatic rings. The number of nitrogens with zero attached hydrogens (tertiary/aromatic N) is 1. The van der Waals surface area contributed by atoms with Crippen molar-refractivity contribution in [2.24, 2.45) is 0 Å². The number of benzene rings is 1. The van der Waals surface area contributed by atoms with Gasteiger partial charge in [-0.1, -0.05) is 23.8 Å². The van der Waals surface area contributed by atoms with Crippen LogP contribution in [0.15, 0.2) is 53.6 Å². The molecule has 0 saturated heterocycles. The fourth-order valence-corrected chi connectivity index (χ4v) is 2.97. The van der Waals surface area contributed by atoms with Crippen LogP contribution in [0.3, 0.4) is 0 Å². The number of aromatic nitrogens is 1. The molecule has 0 aliphatic heterocycles. The number of sulfone groups is 1. The summed E-state index contributed by atoms with van der Waals surface area (Å²) in [4.78, 5) is 15.9. The van der Waals surface area contributed by atoms with Crippen LogP contribution in [0.5, 0.6) is 0 Å². The number of amides is 1. The average molecular weight is 304 g/mol. The Morgan fingerprint density at radius 3 is 2.48 bits per heavy atom. The second kappa shape index (κ2) is 6.49. The molecule has 2 aromatic rings. The Labute approximate surface area is 124 Å². The van der Waals surface area contributed by atoms with Crippen LogP contribution in [-0.4, -0.2) is 25.1 Å². The van der Waals surface area contributed by atoms with Gasteiger partial charge in [0, 0.05) is 12.6 Å². The van der Waals surface area contributed by atoms with Crippen LogP contribution in [0.1, 0.15) is 12.0 Å². The lowest BCUT2D eigenvalue weighted by molar-refractivity contribution is -0.115. The van der Waals surface area contributed by atoms with E-state index in [1.54, 1.807) is 48.7 Å². The molecule has 0 saturated carbocycles. The van der Waals surface area contributed by atoms with Crippen molar-refractivity contribution in [2.75, 3.05) is 11.1 Å². The summed E-state index contributed by atoms with van der Waals surface area (Å²) in [5.74, 6) is -0.186. The van der Waals surface area contributed by atoms with Crippen LogP contribution in [0, 0.1) is 6.92 Å².